The molecule has 0 N–H and O–H groups in total. The molecule has 0 unspecified atom stereocenters. The van der Waals surface area contributed by atoms with Gasteiger partial charge in [0.05, 0.1) is 32.6 Å². The molecule has 190 valence electrons. The summed E-state index contributed by atoms with van der Waals surface area (Å²) in [7, 11) is 0. The summed E-state index contributed by atoms with van der Waals surface area (Å²) in [6.07, 6.45) is 4.01. The van der Waals surface area contributed by atoms with Crippen molar-refractivity contribution < 1.29 is 9.85 Å². The summed E-state index contributed by atoms with van der Waals surface area (Å²) in [4.78, 5) is 20.5. The Balaban J connectivity index is 1.19. The predicted octanol–water partition coefficient (Wildman–Crippen LogP) is 8.90. The summed E-state index contributed by atoms with van der Waals surface area (Å²) in [5.41, 5.74) is 5.04. The van der Waals surface area contributed by atoms with Gasteiger partial charge >= 0.3 is 0 Å². The Kier molecular flexibility index (Phi) is 8.69. The number of azo groups is 2. The number of non-ortho nitro benzene ring substituents is 2. The molecule has 0 aliphatic rings. The zero-order chi connectivity index (χ0) is 26.7. The van der Waals surface area contributed by atoms with Crippen molar-refractivity contribution in [2.45, 2.75) is 25.7 Å². The molecule has 4 rings (SSSR count). The Morgan fingerprint density at radius 2 is 0.711 bits per heavy atom. The molecule has 0 spiro atoms. The lowest BCUT2D eigenvalue weighted by atomic mass is 10.0. The molecular formula is C28H24N6O4. The average Bonchev–Trinajstić information content (AvgIpc) is 2.95. The maximum Gasteiger partial charge on any atom is 0.269 e. The van der Waals surface area contributed by atoms with Crippen LogP contribution in [0.15, 0.2) is 118 Å². The van der Waals surface area contributed by atoms with Crippen LogP contribution in [0.3, 0.4) is 0 Å². The van der Waals surface area contributed by atoms with Gasteiger partial charge in [-0.15, -0.1) is 0 Å². The number of nitrogens with zero attached hydrogens (tertiary/aromatic N) is 6. The second kappa shape index (κ2) is 12.7. The SMILES string of the molecule is O=[N+]([O-])c1ccc(N=Nc2ccc(CCCCc3ccc(N=Nc4ccc([N+](=O)[O-])cc4)cc3)cc2)cc1. The van der Waals surface area contributed by atoms with E-state index in [1.807, 2.05) is 48.5 Å². The van der Waals surface area contributed by atoms with E-state index in [2.05, 4.69) is 20.5 Å². The van der Waals surface area contributed by atoms with E-state index in [0.717, 1.165) is 37.1 Å². The van der Waals surface area contributed by atoms with Crippen LogP contribution in [0.5, 0.6) is 0 Å². The van der Waals surface area contributed by atoms with Crippen molar-refractivity contribution in [3.05, 3.63) is 128 Å². The first-order valence-electron chi connectivity index (χ1n) is 12.0. The first kappa shape index (κ1) is 26.0. The van der Waals surface area contributed by atoms with Crippen molar-refractivity contribution in [3.63, 3.8) is 0 Å². The topological polar surface area (TPSA) is 136 Å². The summed E-state index contributed by atoms with van der Waals surface area (Å²) in [6, 6.07) is 27.7. The molecule has 0 saturated heterocycles. The van der Waals surface area contributed by atoms with Crippen molar-refractivity contribution in [1.82, 2.24) is 0 Å². The quantitative estimate of drug-likeness (QED) is 0.0864. The largest absolute Gasteiger partial charge is 0.269 e. The van der Waals surface area contributed by atoms with Crippen molar-refractivity contribution in [2.75, 3.05) is 0 Å². The molecular weight excluding hydrogens is 484 g/mol. The zero-order valence-corrected chi connectivity index (χ0v) is 20.4. The maximum atomic E-state index is 10.7. The fourth-order valence-electron chi connectivity index (χ4n) is 3.63. The highest BCUT2D eigenvalue weighted by Gasteiger charge is 2.04. The van der Waals surface area contributed by atoms with Crippen molar-refractivity contribution >= 4 is 34.1 Å². The Hall–Kier alpha value is -5.12. The maximum absolute atomic E-state index is 10.7. The Morgan fingerprint density at radius 1 is 0.447 bits per heavy atom. The van der Waals surface area contributed by atoms with Gasteiger partial charge in [-0.2, -0.15) is 20.5 Å². The summed E-state index contributed by atoms with van der Waals surface area (Å²) in [6.45, 7) is 0. The van der Waals surface area contributed by atoms with E-state index >= 15 is 0 Å². The van der Waals surface area contributed by atoms with E-state index in [0.29, 0.717) is 11.4 Å². The van der Waals surface area contributed by atoms with E-state index in [1.54, 1.807) is 24.3 Å². The fraction of sp³-hybridized carbons (Fsp3) is 0.143. The number of nitro groups is 2. The van der Waals surface area contributed by atoms with Crippen LogP contribution < -0.4 is 0 Å². The Labute approximate surface area is 218 Å². The van der Waals surface area contributed by atoms with Gasteiger partial charge in [-0.25, -0.2) is 0 Å². The normalized spacial score (nSPS) is 11.3. The lowest BCUT2D eigenvalue weighted by molar-refractivity contribution is -0.385. The highest BCUT2D eigenvalue weighted by molar-refractivity contribution is 5.46. The first-order chi connectivity index (χ1) is 18.5. The van der Waals surface area contributed by atoms with Gasteiger partial charge < -0.3 is 0 Å². The van der Waals surface area contributed by atoms with Gasteiger partial charge in [0.25, 0.3) is 11.4 Å². The van der Waals surface area contributed by atoms with Gasteiger partial charge in [-0.05, 0) is 85.3 Å². The molecule has 10 nitrogen and oxygen atoms in total. The van der Waals surface area contributed by atoms with Crippen LogP contribution in [-0.2, 0) is 12.8 Å². The second-order valence-electron chi connectivity index (χ2n) is 8.49. The molecule has 0 fully saturated rings. The third-order valence-electron chi connectivity index (χ3n) is 5.74. The first-order valence-corrected chi connectivity index (χ1v) is 12.0. The summed E-state index contributed by atoms with van der Waals surface area (Å²) in [5, 5.41) is 38.1. The van der Waals surface area contributed by atoms with Crippen LogP contribution in [-0.4, -0.2) is 9.85 Å². The van der Waals surface area contributed by atoms with Gasteiger partial charge in [-0.3, -0.25) is 20.2 Å². The fourth-order valence-corrected chi connectivity index (χ4v) is 3.63. The van der Waals surface area contributed by atoms with E-state index in [4.69, 9.17) is 0 Å². The minimum atomic E-state index is -0.447. The molecule has 0 heterocycles. The number of hydrogen-bond acceptors (Lipinski definition) is 8. The summed E-state index contributed by atoms with van der Waals surface area (Å²) in [5.74, 6) is 0. The molecule has 4 aromatic rings. The van der Waals surface area contributed by atoms with E-state index in [9.17, 15) is 20.2 Å². The standard InChI is InChI=1S/C28H24N6O4/c35-33(36)27-17-13-25(14-18-27)31-29-23-9-5-21(6-10-23)3-1-2-4-22-7-11-24(12-8-22)30-32-26-15-19-28(20-16-26)34(37)38/h5-20H,1-4H2. The molecule has 38 heavy (non-hydrogen) atoms. The minimum absolute atomic E-state index is 0.0219. The van der Waals surface area contributed by atoms with E-state index < -0.39 is 9.85 Å². The third-order valence-corrected chi connectivity index (χ3v) is 5.74. The van der Waals surface area contributed by atoms with Crippen LogP contribution in [0, 0.1) is 20.2 Å². The van der Waals surface area contributed by atoms with Crippen molar-refractivity contribution in [1.29, 1.82) is 0 Å². The molecule has 0 aliphatic heterocycles. The van der Waals surface area contributed by atoms with Crippen molar-refractivity contribution in [3.8, 4) is 0 Å². The number of aryl methyl sites for hydroxylation is 2. The van der Waals surface area contributed by atoms with Crippen LogP contribution in [0.25, 0.3) is 0 Å². The number of nitro benzene ring substituents is 2. The molecule has 0 atom stereocenters. The monoisotopic (exact) mass is 508 g/mol. The van der Waals surface area contributed by atoms with Gasteiger partial charge in [0, 0.05) is 24.3 Å². The average molecular weight is 509 g/mol. The number of hydrogen-bond donors (Lipinski definition) is 0. The predicted molar refractivity (Wildman–Crippen MR) is 144 cm³/mol. The van der Waals surface area contributed by atoms with Crippen LogP contribution in [0.4, 0.5) is 34.1 Å². The zero-order valence-electron chi connectivity index (χ0n) is 20.4. The van der Waals surface area contributed by atoms with Gasteiger partial charge in [0.2, 0.25) is 0 Å². The lowest BCUT2D eigenvalue weighted by Crippen LogP contribution is -1.89. The van der Waals surface area contributed by atoms with Gasteiger partial charge in [0.1, 0.15) is 0 Å². The number of benzene rings is 4. The molecule has 0 aliphatic carbocycles. The Bertz CT molecular complexity index is 1320. The third kappa shape index (κ3) is 7.69. The molecule has 0 saturated carbocycles. The summed E-state index contributed by atoms with van der Waals surface area (Å²) >= 11 is 0. The molecule has 0 amide bonds. The number of rotatable bonds is 11. The highest BCUT2D eigenvalue weighted by Crippen LogP contribution is 2.23. The molecule has 4 aromatic carbocycles. The van der Waals surface area contributed by atoms with Crippen LogP contribution in [0.1, 0.15) is 24.0 Å². The lowest BCUT2D eigenvalue weighted by Gasteiger charge is -2.04. The van der Waals surface area contributed by atoms with Gasteiger partial charge in [-0.1, -0.05) is 24.3 Å². The highest BCUT2D eigenvalue weighted by atomic mass is 16.6. The molecule has 0 radical (unpaired) electrons. The smallest absolute Gasteiger partial charge is 0.258 e. The minimum Gasteiger partial charge on any atom is -0.258 e. The van der Waals surface area contributed by atoms with Crippen molar-refractivity contribution in [2.24, 2.45) is 20.5 Å². The number of unbranched alkanes of at least 4 members (excludes halogenated alkanes) is 1. The van der Waals surface area contributed by atoms with E-state index in [-0.39, 0.29) is 11.4 Å². The van der Waals surface area contributed by atoms with Crippen LogP contribution >= 0.6 is 0 Å². The Morgan fingerprint density at radius 3 is 0.974 bits per heavy atom. The molecule has 0 bridgehead atoms. The summed E-state index contributed by atoms with van der Waals surface area (Å²) < 4.78 is 0. The van der Waals surface area contributed by atoms with Gasteiger partial charge in [0.15, 0.2) is 0 Å². The van der Waals surface area contributed by atoms with Crippen LogP contribution in [0.2, 0.25) is 0 Å². The molecule has 10 heteroatoms. The molecule has 0 aromatic heterocycles. The van der Waals surface area contributed by atoms with E-state index in [1.165, 1.54) is 35.4 Å². The second-order valence-corrected chi connectivity index (χ2v) is 8.49.